The maximum absolute atomic E-state index is 5.93. The quantitative estimate of drug-likeness (QED) is 0.832. The van der Waals surface area contributed by atoms with Crippen molar-refractivity contribution in [3.05, 3.63) is 34.4 Å². The van der Waals surface area contributed by atoms with Crippen molar-refractivity contribution in [3.63, 3.8) is 0 Å². The van der Waals surface area contributed by atoms with Crippen LogP contribution in [0.2, 0.25) is 0 Å². The van der Waals surface area contributed by atoms with E-state index < -0.39 is 0 Å². The van der Waals surface area contributed by atoms with Gasteiger partial charge in [-0.05, 0) is 34.5 Å². The molecule has 0 amide bonds. The average molecular weight is 253 g/mol. The van der Waals surface area contributed by atoms with Crippen LogP contribution in [0.4, 0.5) is 0 Å². The number of benzene rings is 1. The zero-order valence-corrected chi connectivity index (χ0v) is 9.88. The van der Waals surface area contributed by atoms with Crippen molar-refractivity contribution in [2.45, 2.75) is 13.0 Å². The number of hydrogen-bond acceptors (Lipinski definition) is 1. The lowest BCUT2D eigenvalue weighted by Crippen LogP contribution is -2.05. The molecule has 2 rings (SSSR count). The molecule has 74 valence electrons. The van der Waals surface area contributed by atoms with Gasteiger partial charge in [0.25, 0.3) is 0 Å². The molecule has 0 fully saturated rings. The summed E-state index contributed by atoms with van der Waals surface area (Å²) in [7, 11) is 2.04. The molecule has 0 radical (unpaired) electrons. The van der Waals surface area contributed by atoms with Crippen LogP contribution in [0.5, 0.6) is 0 Å². The third-order valence-electron chi connectivity index (χ3n) is 2.49. The van der Waals surface area contributed by atoms with Crippen LogP contribution in [-0.2, 0) is 7.05 Å². The Balaban J connectivity index is 2.85. The van der Waals surface area contributed by atoms with E-state index in [9.17, 15) is 0 Å². The van der Waals surface area contributed by atoms with Crippen molar-refractivity contribution in [2.24, 2.45) is 12.8 Å². The van der Waals surface area contributed by atoms with Gasteiger partial charge in [0, 0.05) is 34.7 Å². The first-order valence-electron chi connectivity index (χ1n) is 4.60. The number of hydrogen-bond donors (Lipinski definition) is 1. The van der Waals surface area contributed by atoms with E-state index in [0.717, 1.165) is 4.47 Å². The zero-order valence-electron chi connectivity index (χ0n) is 8.29. The van der Waals surface area contributed by atoms with Gasteiger partial charge in [0.05, 0.1) is 0 Å². The molecule has 1 heterocycles. The molecule has 1 unspecified atom stereocenters. The highest BCUT2D eigenvalue weighted by Crippen LogP contribution is 2.31. The number of nitrogens with zero attached hydrogens (tertiary/aromatic N) is 1. The maximum Gasteiger partial charge on any atom is 0.0492 e. The van der Waals surface area contributed by atoms with E-state index in [4.69, 9.17) is 5.73 Å². The van der Waals surface area contributed by atoms with Gasteiger partial charge >= 0.3 is 0 Å². The van der Waals surface area contributed by atoms with E-state index in [2.05, 4.69) is 38.8 Å². The summed E-state index contributed by atoms with van der Waals surface area (Å²) in [4.78, 5) is 0. The summed E-state index contributed by atoms with van der Waals surface area (Å²) in [6.45, 7) is 2.01. The first kappa shape index (κ1) is 9.74. The number of rotatable bonds is 1. The molecule has 0 aliphatic heterocycles. The second-order valence-corrected chi connectivity index (χ2v) is 4.47. The average Bonchev–Trinajstić information content (AvgIpc) is 2.43. The van der Waals surface area contributed by atoms with Crippen LogP contribution >= 0.6 is 15.9 Å². The molecule has 0 saturated carbocycles. The Bertz CT molecular complexity index is 471. The Hall–Kier alpha value is -0.800. The predicted octanol–water partition coefficient (Wildman–Crippen LogP) is 2.96. The number of aromatic nitrogens is 1. The van der Waals surface area contributed by atoms with Crippen LogP contribution in [0.3, 0.4) is 0 Å². The molecular formula is C11H13BrN2. The first-order valence-corrected chi connectivity index (χ1v) is 5.39. The van der Waals surface area contributed by atoms with Crippen LogP contribution in [0, 0.1) is 0 Å². The molecule has 1 aromatic heterocycles. The lowest BCUT2D eigenvalue weighted by Gasteiger charge is -2.07. The molecule has 0 saturated heterocycles. The van der Waals surface area contributed by atoms with Crippen molar-refractivity contribution in [3.8, 4) is 0 Å². The van der Waals surface area contributed by atoms with Crippen molar-refractivity contribution in [1.29, 1.82) is 0 Å². The molecule has 0 aliphatic carbocycles. The van der Waals surface area contributed by atoms with Crippen LogP contribution < -0.4 is 5.73 Å². The van der Waals surface area contributed by atoms with E-state index in [-0.39, 0.29) is 6.04 Å². The number of fused-ring (bicyclic) bond motifs is 1. The van der Waals surface area contributed by atoms with Crippen LogP contribution in [0.15, 0.2) is 28.9 Å². The third kappa shape index (κ3) is 1.37. The molecule has 0 aliphatic rings. The second-order valence-electron chi connectivity index (χ2n) is 3.62. The minimum absolute atomic E-state index is 0.0670. The van der Waals surface area contributed by atoms with Gasteiger partial charge in [0.2, 0.25) is 0 Å². The molecule has 0 bridgehead atoms. The van der Waals surface area contributed by atoms with Crippen molar-refractivity contribution in [1.82, 2.24) is 4.57 Å². The minimum Gasteiger partial charge on any atom is -0.349 e. The van der Waals surface area contributed by atoms with E-state index in [0.29, 0.717) is 0 Å². The molecule has 3 heteroatoms. The SMILES string of the molecule is CC(N)c1cccc2c1c(Br)cn2C. The van der Waals surface area contributed by atoms with E-state index in [1.54, 1.807) is 0 Å². The first-order chi connectivity index (χ1) is 6.61. The van der Waals surface area contributed by atoms with Gasteiger partial charge in [-0.2, -0.15) is 0 Å². The van der Waals surface area contributed by atoms with Crippen LogP contribution in [-0.4, -0.2) is 4.57 Å². The molecule has 14 heavy (non-hydrogen) atoms. The van der Waals surface area contributed by atoms with Crippen molar-refractivity contribution >= 4 is 26.8 Å². The lowest BCUT2D eigenvalue weighted by molar-refractivity contribution is 0.826. The van der Waals surface area contributed by atoms with Crippen molar-refractivity contribution < 1.29 is 0 Å². The molecule has 2 aromatic rings. The molecular weight excluding hydrogens is 240 g/mol. The van der Waals surface area contributed by atoms with Gasteiger partial charge in [-0.15, -0.1) is 0 Å². The van der Waals surface area contributed by atoms with Gasteiger partial charge < -0.3 is 10.3 Å². The fraction of sp³-hybridized carbons (Fsp3) is 0.273. The van der Waals surface area contributed by atoms with Gasteiger partial charge in [-0.3, -0.25) is 0 Å². The lowest BCUT2D eigenvalue weighted by atomic mass is 10.0. The summed E-state index contributed by atoms with van der Waals surface area (Å²) < 4.78 is 3.22. The Morgan fingerprint density at radius 3 is 2.79 bits per heavy atom. The van der Waals surface area contributed by atoms with Crippen LogP contribution in [0.1, 0.15) is 18.5 Å². The zero-order chi connectivity index (χ0) is 10.3. The predicted molar refractivity (Wildman–Crippen MR) is 63.2 cm³/mol. The van der Waals surface area contributed by atoms with Crippen LogP contribution in [0.25, 0.3) is 10.9 Å². The van der Waals surface area contributed by atoms with Gasteiger partial charge in [-0.1, -0.05) is 12.1 Å². The standard InChI is InChI=1S/C11H13BrN2/c1-7(13)8-4-3-5-10-11(8)9(12)6-14(10)2/h3-7H,13H2,1-2H3. The molecule has 2 N–H and O–H groups in total. The second kappa shape index (κ2) is 3.41. The van der Waals surface area contributed by atoms with Crippen molar-refractivity contribution in [2.75, 3.05) is 0 Å². The van der Waals surface area contributed by atoms with E-state index in [1.165, 1.54) is 16.5 Å². The molecule has 1 aromatic carbocycles. The summed E-state index contributed by atoms with van der Waals surface area (Å²) in [5.74, 6) is 0. The van der Waals surface area contributed by atoms with Gasteiger partial charge in [0.15, 0.2) is 0 Å². The Kier molecular flexibility index (Phi) is 2.37. The Morgan fingerprint density at radius 1 is 1.43 bits per heavy atom. The van der Waals surface area contributed by atoms with Gasteiger partial charge in [-0.25, -0.2) is 0 Å². The molecule has 1 atom stereocenters. The maximum atomic E-state index is 5.93. The monoisotopic (exact) mass is 252 g/mol. The minimum atomic E-state index is 0.0670. The number of nitrogens with two attached hydrogens (primary N) is 1. The van der Waals surface area contributed by atoms with Gasteiger partial charge in [0.1, 0.15) is 0 Å². The fourth-order valence-electron chi connectivity index (χ4n) is 1.80. The summed E-state index contributed by atoms with van der Waals surface area (Å²) in [5.41, 5.74) is 8.33. The highest BCUT2D eigenvalue weighted by atomic mass is 79.9. The summed E-state index contributed by atoms with van der Waals surface area (Å²) in [6.07, 6.45) is 2.07. The largest absolute Gasteiger partial charge is 0.349 e. The summed E-state index contributed by atoms with van der Waals surface area (Å²) in [5, 5.41) is 1.23. The highest BCUT2D eigenvalue weighted by molar-refractivity contribution is 9.10. The molecule has 2 nitrogen and oxygen atoms in total. The topological polar surface area (TPSA) is 30.9 Å². The molecule has 0 spiro atoms. The number of halogens is 1. The third-order valence-corrected chi connectivity index (χ3v) is 3.09. The fourth-order valence-corrected chi connectivity index (χ4v) is 2.53. The van der Waals surface area contributed by atoms with E-state index in [1.807, 2.05) is 20.0 Å². The Labute approximate surface area is 91.8 Å². The normalized spacial score (nSPS) is 13.4. The van der Waals surface area contributed by atoms with E-state index >= 15 is 0 Å². The highest BCUT2D eigenvalue weighted by Gasteiger charge is 2.10. The smallest absolute Gasteiger partial charge is 0.0492 e. The Morgan fingerprint density at radius 2 is 2.14 bits per heavy atom. The summed E-state index contributed by atoms with van der Waals surface area (Å²) in [6, 6.07) is 6.30. The summed E-state index contributed by atoms with van der Waals surface area (Å²) >= 11 is 3.56. The number of aryl methyl sites for hydroxylation is 1.